The number of anilines is 1. The van der Waals surface area contributed by atoms with Crippen LogP contribution in [0.25, 0.3) is 21.9 Å². The molecule has 4 aromatic rings. The van der Waals surface area contributed by atoms with Gasteiger partial charge in [0.05, 0.1) is 6.21 Å². The average Bonchev–Trinajstić information content (AvgIpc) is 3.13. The van der Waals surface area contributed by atoms with Crippen molar-refractivity contribution in [1.82, 2.24) is 0 Å². The Morgan fingerprint density at radius 2 is 1.85 bits per heavy atom. The average molecular weight is 463 g/mol. The van der Waals surface area contributed by atoms with Crippen LogP contribution in [0.3, 0.4) is 0 Å². The van der Waals surface area contributed by atoms with Crippen LogP contribution in [0.1, 0.15) is 22.3 Å². The van der Waals surface area contributed by atoms with Crippen molar-refractivity contribution in [3.05, 3.63) is 83.9 Å². The summed E-state index contributed by atoms with van der Waals surface area (Å²) in [5, 5.41) is 2.26. The number of fused-ring (bicyclic) bond motifs is 5. The molecule has 3 aliphatic rings. The molecule has 1 unspecified atom stereocenters. The summed E-state index contributed by atoms with van der Waals surface area (Å²) < 4.78 is 6.65. The summed E-state index contributed by atoms with van der Waals surface area (Å²) in [6, 6.07) is 25.2. The lowest BCUT2D eigenvalue weighted by Crippen LogP contribution is -2.52. The number of aliphatic imine (C=N–C) groups is 1. The maximum Gasteiger partial charge on any atom is 0.223 e. The predicted octanol–water partition coefficient (Wildman–Crippen LogP) is 6.67. The van der Waals surface area contributed by atoms with Crippen LogP contribution in [0.4, 0.5) is 11.4 Å². The minimum Gasteiger partial charge on any atom is -0.460 e. The largest absolute Gasteiger partial charge is 0.460 e. The van der Waals surface area contributed by atoms with Gasteiger partial charge in [0.2, 0.25) is 5.72 Å². The second-order valence-corrected chi connectivity index (χ2v) is 10.3. The summed E-state index contributed by atoms with van der Waals surface area (Å²) in [7, 11) is 2.07. The molecule has 1 atom stereocenters. The fraction of sp³-hybridized carbons (Fsp3) is 0.172. The molecule has 0 aliphatic carbocycles. The highest BCUT2D eigenvalue weighted by Gasteiger charge is 2.45. The smallest absolute Gasteiger partial charge is 0.223 e. The van der Waals surface area contributed by atoms with Gasteiger partial charge in [-0.05, 0) is 52.4 Å². The molecule has 0 fully saturated rings. The summed E-state index contributed by atoms with van der Waals surface area (Å²) >= 11 is 1.77. The normalized spacial score (nSPS) is 20.3. The van der Waals surface area contributed by atoms with E-state index in [0.717, 1.165) is 55.2 Å². The Balaban J connectivity index is 1.25. The number of benzene rings is 4. The van der Waals surface area contributed by atoms with Gasteiger partial charge in [0, 0.05) is 47.2 Å². The van der Waals surface area contributed by atoms with E-state index < -0.39 is 5.72 Å². The summed E-state index contributed by atoms with van der Waals surface area (Å²) in [5.41, 5.74) is 5.67. The van der Waals surface area contributed by atoms with Crippen LogP contribution >= 0.6 is 11.8 Å². The second kappa shape index (κ2) is 7.21. The zero-order valence-corrected chi connectivity index (χ0v) is 19.6. The van der Waals surface area contributed by atoms with E-state index in [9.17, 15) is 4.79 Å². The second-order valence-electron chi connectivity index (χ2n) is 9.15. The topological polar surface area (TPSA) is 41.9 Å². The number of carbonyl (C=O) groups is 1. The molecule has 0 aromatic heterocycles. The SMILES string of the molecule is CN1c2ccc(-c3ccc4c(c3)C(=O)CCS4)cc2CC12C=Nc1c(ccc3ccccc13)O2. The highest BCUT2D eigenvalue weighted by molar-refractivity contribution is 7.99. The minimum atomic E-state index is -0.640. The molecule has 3 heterocycles. The van der Waals surface area contributed by atoms with Gasteiger partial charge in [-0.25, -0.2) is 0 Å². The van der Waals surface area contributed by atoms with Gasteiger partial charge in [-0.2, -0.15) is 0 Å². The van der Waals surface area contributed by atoms with Crippen molar-refractivity contribution in [2.24, 2.45) is 4.99 Å². The van der Waals surface area contributed by atoms with Gasteiger partial charge in [-0.3, -0.25) is 9.79 Å². The molecular weight excluding hydrogens is 440 g/mol. The summed E-state index contributed by atoms with van der Waals surface area (Å²) in [6.45, 7) is 0. The van der Waals surface area contributed by atoms with Crippen molar-refractivity contribution in [2.45, 2.75) is 23.5 Å². The van der Waals surface area contributed by atoms with E-state index in [1.807, 2.05) is 24.4 Å². The summed E-state index contributed by atoms with van der Waals surface area (Å²) in [6.07, 6.45) is 3.28. The third-order valence-electron chi connectivity index (χ3n) is 7.20. The molecule has 3 aliphatic heterocycles. The van der Waals surface area contributed by atoms with E-state index in [1.165, 1.54) is 5.56 Å². The zero-order chi connectivity index (χ0) is 22.9. The first-order valence-corrected chi connectivity index (χ1v) is 12.5. The van der Waals surface area contributed by atoms with Gasteiger partial charge in [-0.1, -0.05) is 42.5 Å². The molecule has 0 saturated carbocycles. The summed E-state index contributed by atoms with van der Waals surface area (Å²) in [4.78, 5) is 20.6. The van der Waals surface area contributed by atoms with Gasteiger partial charge < -0.3 is 9.64 Å². The molecule has 4 nitrogen and oxygen atoms in total. The van der Waals surface area contributed by atoms with E-state index in [1.54, 1.807) is 11.8 Å². The maximum absolute atomic E-state index is 12.4. The first-order valence-electron chi connectivity index (χ1n) is 11.5. The number of likely N-dealkylation sites (N-methyl/N-ethyl adjacent to an activating group) is 1. The number of hydrogen-bond acceptors (Lipinski definition) is 5. The lowest BCUT2D eigenvalue weighted by molar-refractivity contribution is 0.0985. The monoisotopic (exact) mass is 462 g/mol. The van der Waals surface area contributed by atoms with Crippen LogP contribution in [0.15, 0.2) is 82.7 Å². The zero-order valence-electron chi connectivity index (χ0n) is 18.7. The maximum atomic E-state index is 12.4. The molecule has 1 spiro atoms. The van der Waals surface area contributed by atoms with Gasteiger partial charge in [0.25, 0.3) is 0 Å². The van der Waals surface area contributed by atoms with Crippen LogP contribution in [-0.4, -0.2) is 30.5 Å². The van der Waals surface area contributed by atoms with Crippen LogP contribution in [0.2, 0.25) is 0 Å². The quantitative estimate of drug-likeness (QED) is 0.317. The summed E-state index contributed by atoms with van der Waals surface area (Å²) in [5.74, 6) is 1.93. The number of carbonyl (C=O) groups excluding carboxylic acids is 1. The minimum absolute atomic E-state index is 0.244. The number of ether oxygens (including phenoxy) is 1. The van der Waals surface area contributed by atoms with Gasteiger partial charge in [0.1, 0.15) is 11.4 Å². The standard InChI is InChI=1S/C29H22N2O2S/c1-31-24-9-6-19(20-8-11-27-23(15-20)25(32)12-13-34-27)14-21(24)16-29(31)17-30-28-22-5-3-2-4-18(22)7-10-26(28)33-29/h2-11,14-15,17H,12-13,16H2,1H3. The predicted molar refractivity (Wildman–Crippen MR) is 139 cm³/mol. The number of nitrogens with zero attached hydrogens (tertiary/aromatic N) is 2. The van der Waals surface area contributed by atoms with Crippen LogP contribution in [0.5, 0.6) is 5.75 Å². The Bertz CT molecular complexity index is 1540. The van der Waals surface area contributed by atoms with Crippen molar-refractivity contribution in [3.63, 3.8) is 0 Å². The Hall–Kier alpha value is -3.57. The molecule has 0 radical (unpaired) electrons. The highest BCUT2D eigenvalue weighted by atomic mass is 32.2. The first kappa shape index (κ1) is 19.9. The van der Waals surface area contributed by atoms with Crippen molar-refractivity contribution in [3.8, 4) is 16.9 Å². The van der Waals surface area contributed by atoms with Gasteiger partial charge >= 0.3 is 0 Å². The van der Waals surface area contributed by atoms with Crippen LogP contribution in [-0.2, 0) is 6.42 Å². The van der Waals surface area contributed by atoms with Crippen LogP contribution in [0, 0.1) is 0 Å². The Labute approximate surface area is 202 Å². The molecule has 5 heteroatoms. The third kappa shape index (κ3) is 2.86. The number of ketones is 1. The molecule has 0 saturated heterocycles. The Morgan fingerprint density at radius 1 is 1.00 bits per heavy atom. The van der Waals surface area contributed by atoms with Crippen LogP contribution < -0.4 is 9.64 Å². The molecule has 34 heavy (non-hydrogen) atoms. The lowest BCUT2D eigenvalue weighted by Gasteiger charge is -2.37. The highest BCUT2D eigenvalue weighted by Crippen LogP contribution is 2.46. The first-order chi connectivity index (χ1) is 16.6. The number of rotatable bonds is 1. The van der Waals surface area contributed by atoms with Crippen molar-refractivity contribution in [1.29, 1.82) is 0 Å². The molecule has 4 aromatic carbocycles. The molecule has 166 valence electrons. The number of Topliss-reactive ketones (excluding diaryl/α,β-unsaturated/α-hetero) is 1. The fourth-order valence-electron chi connectivity index (χ4n) is 5.34. The lowest BCUT2D eigenvalue weighted by atomic mass is 9.97. The van der Waals surface area contributed by atoms with Gasteiger partial charge in [0.15, 0.2) is 5.78 Å². The van der Waals surface area contributed by atoms with Crippen molar-refractivity contribution >= 4 is 45.9 Å². The Morgan fingerprint density at radius 3 is 2.79 bits per heavy atom. The molecular formula is C29H22N2O2S. The van der Waals surface area contributed by atoms with E-state index in [4.69, 9.17) is 9.73 Å². The number of hydrogen-bond donors (Lipinski definition) is 0. The Kier molecular flexibility index (Phi) is 4.21. The molecule has 0 amide bonds. The van der Waals surface area contributed by atoms with E-state index in [2.05, 4.69) is 66.5 Å². The third-order valence-corrected chi connectivity index (χ3v) is 8.27. The van der Waals surface area contributed by atoms with E-state index >= 15 is 0 Å². The molecule has 0 bridgehead atoms. The molecule has 7 rings (SSSR count). The van der Waals surface area contributed by atoms with Crippen molar-refractivity contribution in [2.75, 3.05) is 17.7 Å². The van der Waals surface area contributed by atoms with Crippen molar-refractivity contribution < 1.29 is 9.53 Å². The van der Waals surface area contributed by atoms with Gasteiger partial charge in [-0.15, -0.1) is 11.8 Å². The van der Waals surface area contributed by atoms with E-state index in [0.29, 0.717) is 12.8 Å². The molecule has 0 N–H and O–H groups in total. The van der Waals surface area contributed by atoms with E-state index in [-0.39, 0.29) is 5.78 Å². The number of thioether (sulfide) groups is 1. The fourth-order valence-corrected chi connectivity index (χ4v) is 6.34.